The van der Waals surface area contributed by atoms with Crippen LogP contribution in [-0.2, 0) is 11.0 Å². The number of hydrogen-bond donors (Lipinski definition) is 1. The van der Waals surface area contributed by atoms with E-state index in [-0.39, 0.29) is 30.3 Å². The van der Waals surface area contributed by atoms with Crippen LogP contribution in [0.4, 0.5) is 13.2 Å². The predicted octanol–water partition coefficient (Wildman–Crippen LogP) is 3.59. The second kappa shape index (κ2) is 4.48. The first-order valence-corrected chi connectivity index (χ1v) is 5.46. The Kier molecular flexibility index (Phi) is 3.15. The minimum Gasteiger partial charge on any atom is -0.512 e. The molecule has 0 saturated carbocycles. The summed E-state index contributed by atoms with van der Waals surface area (Å²) >= 11 is 0. The van der Waals surface area contributed by atoms with Gasteiger partial charge in [0.25, 0.3) is 0 Å². The highest BCUT2D eigenvalue weighted by Gasteiger charge is 2.30. The van der Waals surface area contributed by atoms with Crippen LogP contribution in [0.2, 0.25) is 0 Å². The zero-order chi connectivity index (χ0) is 13.3. The maximum absolute atomic E-state index is 12.4. The van der Waals surface area contributed by atoms with Crippen molar-refractivity contribution in [3.63, 3.8) is 0 Å². The molecule has 1 atom stereocenters. The summed E-state index contributed by atoms with van der Waals surface area (Å²) in [5, 5.41) is 9.36. The van der Waals surface area contributed by atoms with Crippen molar-refractivity contribution in [3.05, 3.63) is 47.2 Å². The summed E-state index contributed by atoms with van der Waals surface area (Å²) in [7, 11) is 0. The van der Waals surface area contributed by atoms with E-state index in [4.69, 9.17) is 0 Å². The highest BCUT2D eigenvalue weighted by molar-refractivity contribution is 5.91. The molecule has 0 aliphatic heterocycles. The number of alkyl halides is 3. The Morgan fingerprint density at radius 1 is 1.11 bits per heavy atom. The van der Waals surface area contributed by atoms with Crippen LogP contribution in [0.15, 0.2) is 36.1 Å². The van der Waals surface area contributed by atoms with Crippen LogP contribution in [0, 0.1) is 0 Å². The molecule has 0 aromatic heterocycles. The number of aliphatic hydroxyl groups is 1. The normalized spacial score (nSPS) is 20.7. The monoisotopic (exact) mass is 256 g/mol. The minimum absolute atomic E-state index is 0.0175. The molecule has 18 heavy (non-hydrogen) atoms. The van der Waals surface area contributed by atoms with Gasteiger partial charge in [0.1, 0.15) is 0 Å². The van der Waals surface area contributed by atoms with Crippen molar-refractivity contribution in [2.75, 3.05) is 0 Å². The molecule has 1 aliphatic rings. The third kappa shape index (κ3) is 2.72. The van der Waals surface area contributed by atoms with Crippen LogP contribution in [0.1, 0.15) is 29.9 Å². The van der Waals surface area contributed by atoms with E-state index in [1.54, 1.807) is 0 Å². The summed E-state index contributed by atoms with van der Waals surface area (Å²) in [6, 6.07) is 4.71. The molecule has 2 nitrogen and oxygen atoms in total. The number of rotatable bonds is 1. The Morgan fingerprint density at radius 2 is 1.72 bits per heavy atom. The Hall–Kier alpha value is -1.78. The summed E-state index contributed by atoms with van der Waals surface area (Å²) in [4.78, 5) is 11.3. The molecule has 5 heteroatoms. The van der Waals surface area contributed by atoms with Gasteiger partial charge in [0.2, 0.25) is 0 Å². The first-order chi connectivity index (χ1) is 8.36. The molecule has 96 valence electrons. The number of carbonyl (C=O) groups excluding carboxylic acids is 1. The number of aliphatic hydroxyl groups excluding tert-OH is 1. The summed E-state index contributed by atoms with van der Waals surface area (Å²) in [6.07, 6.45) is -2.68. The van der Waals surface area contributed by atoms with E-state index in [0.717, 1.165) is 12.1 Å². The van der Waals surface area contributed by atoms with E-state index in [0.29, 0.717) is 5.56 Å². The lowest BCUT2D eigenvalue weighted by molar-refractivity contribution is -0.137. The topological polar surface area (TPSA) is 37.3 Å². The first kappa shape index (κ1) is 12.7. The molecule has 2 rings (SSSR count). The van der Waals surface area contributed by atoms with Crippen molar-refractivity contribution >= 4 is 5.78 Å². The number of allylic oxidation sites excluding steroid dienone is 2. The molecule has 0 amide bonds. The largest absolute Gasteiger partial charge is 0.512 e. The molecule has 1 aromatic rings. The molecule has 0 radical (unpaired) electrons. The zero-order valence-electron chi connectivity index (χ0n) is 9.37. The highest BCUT2D eigenvalue weighted by Crippen LogP contribution is 2.33. The van der Waals surface area contributed by atoms with Gasteiger partial charge < -0.3 is 5.11 Å². The van der Waals surface area contributed by atoms with Gasteiger partial charge in [-0.3, -0.25) is 4.79 Å². The zero-order valence-corrected chi connectivity index (χ0v) is 9.37. The highest BCUT2D eigenvalue weighted by atomic mass is 19.4. The molecule has 1 unspecified atom stereocenters. The number of halogens is 3. The Bertz CT molecular complexity index is 486. The van der Waals surface area contributed by atoms with Crippen LogP contribution < -0.4 is 0 Å². The second-order valence-corrected chi connectivity index (χ2v) is 4.33. The van der Waals surface area contributed by atoms with Crippen LogP contribution in [0.3, 0.4) is 0 Å². The van der Waals surface area contributed by atoms with Gasteiger partial charge in [-0.2, -0.15) is 13.2 Å². The lowest BCUT2D eigenvalue weighted by atomic mass is 9.86. The maximum Gasteiger partial charge on any atom is 0.416 e. The van der Waals surface area contributed by atoms with Crippen molar-refractivity contribution in [2.45, 2.75) is 24.9 Å². The minimum atomic E-state index is -4.36. The number of hydrogen-bond acceptors (Lipinski definition) is 2. The van der Waals surface area contributed by atoms with E-state index in [2.05, 4.69) is 0 Å². The SMILES string of the molecule is O=C1C=C(O)CC(c2ccc(C(F)(F)F)cc2)C1. The molecule has 1 aromatic carbocycles. The van der Waals surface area contributed by atoms with Gasteiger partial charge in [-0.05, 0) is 23.6 Å². The second-order valence-electron chi connectivity index (χ2n) is 4.33. The van der Waals surface area contributed by atoms with Crippen LogP contribution >= 0.6 is 0 Å². The standard InChI is InChI=1S/C13H11F3O2/c14-13(15,16)10-3-1-8(2-4-10)9-5-11(17)7-12(18)6-9/h1-4,7,9,17H,5-6H2. The van der Waals surface area contributed by atoms with Crippen molar-refractivity contribution in [3.8, 4) is 0 Å². The molecule has 0 saturated heterocycles. The number of benzene rings is 1. The van der Waals surface area contributed by atoms with E-state index < -0.39 is 11.7 Å². The molecular weight excluding hydrogens is 245 g/mol. The first-order valence-electron chi connectivity index (χ1n) is 5.46. The van der Waals surface area contributed by atoms with E-state index in [1.165, 1.54) is 18.2 Å². The molecule has 0 heterocycles. The average molecular weight is 256 g/mol. The van der Waals surface area contributed by atoms with Crippen molar-refractivity contribution < 1.29 is 23.1 Å². The van der Waals surface area contributed by atoms with Crippen molar-refractivity contribution in [1.82, 2.24) is 0 Å². The lowest BCUT2D eigenvalue weighted by Gasteiger charge is -2.20. The summed E-state index contributed by atoms with van der Waals surface area (Å²) < 4.78 is 37.1. The van der Waals surface area contributed by atoms with Gasteiger partial charge in [0.15, 0.2) is 5.78 Å². The predicted molar refractivity (Wildman–Crippen MR) is 59.1 cm³/mol. The van der Waals surface area contributed by atoms with Gasteiger partial charge in [-0.15, -0.1) is 0 Å². The van der Waals surface area contributed by atoms with E-state index >= 15 is 0 Å². The Morgan fingerprint density at radius 3 is 2.22 bits per heavy atom. The Balaban J connectivity index is 2.21. The van der Waals surface area contributed by atoms with Crippen LogP contribution in [0.5, 0.6) is 0 Å². The van der Waals surface area contributed by atoms with E-state index in [1.807, 2.05) is 0 Å². The third-order valence-corrected chi connectivity index (χ3v) is 2.94. The Labute approximate surface area is 102 Å². The summed E-state index contributed by atoms with van der Waals surface area (Å²) in [6.45, 7) is 0. The van der Waals surface area contributed by atoms with Gasteiger partial charge in [0.05, 0.1) is 11.3 Å². The maximum atomic E-state index is 12.4. The molecule has 1 N–H and O–H groups in total. The van der Waals surface area contributed by atoms with Crippen molar-refractivity contribution in [1.29, 1.82) is 0 Å². The number of carbonyl (C=O) groups is 1. The molecule has 1 aliphatic carbocycles. The molecular formula is C13H11F3O2. The third-order valence-electron chi connectivity index (χ3n) is 2.94. The fourth-order valence-electron chi connectivity index (χ4n) is 2.05. The molecule has 0 bridgehead atoms. The van der Waals surface area contributed by atoms with Gasteiger partial charge in [-0.25, -0.2) is 0 Å². The van der Waals surface area contributed by atoms with Gasteiger partial charge in [-0.1, -0.05) is 12.1 Å². The number of ketones is 1. The van der Waals surface area contributed by atoms with Gasteiger partial charge in [0, 0.05) is 18.9 Å². The summed E-state index contributed by atoms with van der Waals surface area (Å²) in [5.41, 5.74) is -0.0795. The average Bonchev–Trinajstić information content (AvgIpc) is 2.27. The smallest absolute Gasteiger partial charge is 0.416 e. The van der Waals surface area contributed by atoms with Crippen LogP contribution in [0.25, 0.3) is 0 Å². The quantitative estimate of drug-likeness (QED) is 0.833. The fraction of sp³-hybridized carbons (Fsp3) is 0.308. The lowest BCUT2D eigenvalue weighted by Crippen LogP contribution is -2.13. The molecule has 0 fully saturated rings. The van der Waals surface area contributed by atoms with Crippen LogP contribution in [-0.4, -0.2) is 10.9 Å². The van der Waals surface area contributed by atoms with Gasteiger partial charge >= 0.3 is 6.18 Å². The van der Waals surface area contributed by atoms with E-state index in [9.17, 15) is 23.1 Å². The van der Waals surface area contributed by atoms with Crippen molar-refractivity contribution in [2.24, 2.45) is 0 Å². The summed E-state index contributed by atoms with van der Waals surface area (Å²) in [5.74, 6) is -0.468. The molecule has 0 spiro atoms. The fourth-order valence-corrected chi connectivity index (χ4v) is 2.05.